The van der Waals surface area contributed by atoms with E-state index in [1.54, 1.807) is 10.9 Å². The monoisotopic (exact) mass is 258 g/mol. The largest absolute Gasteiger partial charge is 0.387 e. The second-order valence-electron chi connectivity index (χ2n) is 4.80. The van der Waals surface area contributed by atoms with E-state index in [1.165, 1.54) is 0 Å². The molecule has 1 saturated heterocycles. The Balaban J connectivity index is 2.11. The molecule has 1 aromatic rings. The smallest absolute Gasteiger partial charge is 0.0996 e. The highest BCUT2D eigenvalue weighted by molar-refractivity contribution is 6.31. The standard InChI is InChI=1S/C12H19ClN2O2/c1-8(2)15-12(10(13)7-14-15)11(16)6-9-4-3-5-17-9/h7-9,11,16H,3-6H2,1-2H3. The van der Waals surface area contributed by atoms with E-state index in [9.17, 15) is 5.11 Å². The molecule has 96 valence electrons. The molecule has 0 bridgehead atoms. The second kappa shape index (κ2) is 5.38. The van der Waals surface area contributed by atoms with Gasteiger partial charge < -0.3 is 9.84 Å². The molecule has 4 nitrogen and oxygen atoms in total. The van der Waals surface area contributed by atoms with E-state index >= 15 is 0 Å². The molecule has 1 aliphatic heterocycles. The molecule has 1 fully saturated rings. The van der Waals surface area contributed by atoms with Crippen LogP contribution < -0.4 is 0 Å². The Labute approximate surface area is 107 Å². The van der Waals surface area contributed by atoms with E-state index in [0.29, 0.717) is 17.1 Å². The van der Waals surface area contributed by atoms with Crippen LogP contribution in [0.1, 0.15) is 50.9 Å². The van der Waals surface area contributed by atoms with Gasteiger partial charge in [0.25, 0.3) is 0 Å². The topological polar surface area (TPSA) is 47.3 Å². The van der Waals surface area contributed by atoms with Gasteiger partial charge in [0.05, 0.1) is 29.1 Å². The van der Waals surface area contributed by atoms with Crippen molar-refractivity contribution in [3.63, 3.8) is 0 Å². The van der Waals surface area contributed by atoms with Gasteiger partial charge in [-0.2, -0.15) is 5.10 Å². The van der Waals surface area contributed by atoms with Crippen LogP contribution >= 0.6 is 11.6 Å². The maximum atomic E-state index is 10.3. The molecule has 2 unspecified atom stereocenters. The number of rotatable bonds is 4. The third kappa shape index (κ3) is 2.81. The third-order valence-electron chi connectivity index (χ3n) is 3.10. The number of halogens is 1. The van der Waals surface area contributed by atoms with Gasteiger partial charge in [0.1, 0.15) is 0 Å². The molecule has 0 saturated carbocycles. The third-order valence-corrected chi connectivity index (χ3v) is 3.39. The summed E-state index contributed by atoms with van der Waals surface area (Å²) < 4.78 is 7.31. The summed E-state index contributed by atoms with van der Waals surface area (Å²) in [6.45, 7) is 4.84. The normalized spacial score (nSPS) is 22.3. The minimum atomic E-state index is -0.601. The lowest BCUT2D eigenvalue weighted by atomic mass is 10.1. The van der Waals surface area contributed by atoms with Gasteiger partial charge >= 0.3 is 0 Å². The summed E-state index contributed by atoms with van der Waals surface area (Å²) >= 11 is 6.09. The van der Waals surface area contributed by atoms with Crippen molar-refractivity contribution >= 4 is 11.6 Å². The van der Waals surface area contributed by atoms with Crippen molar-refractivity contribution in [2.45, 2.75) is 51.4 Å². The minimum absolute atomic E-state index is 0.150. The van der Waals surface area contributed by atoms with Crippen molar-refractivity contribution in [3.8, 4) is 0 Å². The zero-order valence-corrected chi connectivity index (χ0v) is 11.0. The van der Waals surface area contributed by atoms with Gasteiger partial charge in [0, 0.05) is 19.1 Å². The number of nitrogens with zero attached hydrogens (tertiary/aromatic N) is 2. The van der Waals surface area contributed by atoms with Gasteiger partial charge in [-0.1, -0.05) is 11.6 Å². The van der Waals surface area contributed by atoms with Crippen LogP contribution in [-0.4, -0.2) is 27.6 Å². The molecule has 0 radical (unpaired) electrons. The zero-order chi connectivity index (χ0) is 12.4. The van der Waals surface area contributed by atoms with Gasteiger partial charge in [-0.3, -0.25) is 4.68 Å². The van der Waals surface area contributed by atoms with Crippen molar-refractivity contribution in [1.29, 1.82) is 0 Å². The lowest BCUT2D eigenvalue weighted by Gasteiger charge is -2.19. The van der Waals surface area contributed by atoms with E-state index in [4.69, 9.17) is 16.3 Å². The summed E-state index contributed by atoms with van der Waals surface area (Å²) in [6, 6.07) is 0.191. The molecule has 1 N–H and O–H groups in total. The van der Waals surface area contributed by atoms with Gasteiger partial charge in [0.2, 0.25) is 0 Å². The number of aromatic nitrogens is 2. The molecule has 1 aromatic heterocycles. The molecule has 1 aliphatic rings. The molecule has 2 atom stereocenters. The first kappa shape index (κ1) is 12.9. The Bertz CT molecular complexity index is 373. The number of hydrogen-bond acceptors (Lipinski definition) is 3. The van der Waals surface area contributed by atoms with Gasteiger partial charge in [-0.15, -0.1) is 0 Å². The summed E-state index contributed by atoms with van der Waals surface area (Å²) in [5.41, 5.74) is 0.706. The SMILES string of the molecule is CC(C)n1ncc(Cl)c1C(O)CC1CCCO1. The second-order valence-corrected chi connectivity index (χ2v) is 5.21. The summed E-state index contributed by atoms with van der Waals surface area (Å²) in [5.74, 6) is 0. The first-order chi connectivity index (χ1) is 8.09. The van der Waals surface area contributed by atoms with Crippen LogP contribution in [0, 0.1) is 0 Å². The van der Waals surface area contributed by atoms with Crippen molar-refractivity contribution in [1.82, 2.24) is 9.78 Å². The first-order valence-corrected chi connectivity index (χ1v) is 6.50. The first-order valence-electron chi connectivity index (χ1n) is 6.12. The highest BCUT2D eigenvalue weighted by atomic mass is 35.5. The van der Waals surface area contributed by atoms with Crippen molar-refractivity contribution in [3.05, 3.63) is 16.9 Å². The van der Waals surface area contributed by atoms with Crippen LogP contribution in [0.3, 0.4) is 0 Å². The predicted octanol–water partition coefficient (Wildman–Crippen LogP) is 2.72. The molecule has 2 rings (SSSR count). The molecule has 0 spiro atoms. The van der Waals surface area contributed by atoms with Gasteiger partial charge in [0.15, 0.2) is 0 Å². The van der Waals surface area contributed by atoms with Crippen LogP contribution in [0.25, 0.3) is 0 Å². The van der Waals surface area contributed by atoms with E-state index in [0.717, 1.165) is 19.4 Å². The average Bonchev–Trinajstić information content (AvgIpc) is 2.86. The van der Waals surface area contributed by atoms with Crippen LogP contribution in [0.4, 0.5) is 0 Å². The van der Waals surface area contributed by atoms with Gasteiger partial charge in [-0.25, -0.2) is 0 Å². The van der Waals surface area contributed by atoms with E-state index < -0.39 is 6.10 Å². The molecule has 0 aromatic carbocycles. The Morgan fingerprint density at radius 1 is 1.65 bits per heavy atom. The molecule has 2 heterocycles. The van der Waals surface area contributed by atoms with Crippen molar-refractivity contribution in [2.75, 3.05) is 6.61 Å². The molecule has 0 aliphatic carbocycles. The fourth-order valence-corrected chi connectivity index (χ4v) is 2.52. The maximum absolute atomic E-state index is 10.3. The summed E-state index contributed by atoms with van der Waals surface area (Å²) in [5, 5.41) is 15.0. The number of hydrogen-bond donors (Lipinski definition) is 1. The zero-order valence-electron chi connectivity index (χ0n) is 10.3. The lowest BCUT2D eigenvalue weighted by Crippen LogP contribution is -2.16. The average molecular weight is 259 g/mol. The van der Waals surface area contributed by atoms with Crippen LogP contribution in [-0.2, 0) is 4.74 Å². The Hall–Kier alpha value is -0.580. The van der Waals surface area contributed by atoms with E-state index in [1.807, 2.05) is 13.8 Å². The summed E-state index contributed by atoms with van der Waals surface area (Å²) in [7, 11) is 0. The quantitative estimate of drug-likeness (QED) is 0.903. The van der Waals surface area contributed by atoms with Crippen LogP contribution in [0.15, 0.2) is 6.20 Å². The predicted molar refractivity (Wildman–Crippen MR) is 66.2 cm³/mol. The van der Waals surface area contributed by atoms with Crippen LogP contribution in [0.2, 0.25) is 5.02 Å². The van der Waals surface area contributed by atoms with Crippen molar-refractivity contribution < 1.29 is 9.84 Å². The highest BCUT2D eigenvalue weighted by Gasteiger charge is 2.25. The summed E-state index contributed by atoms with van der Waals surface area (Å²) in [6.07, 6.45) is 3.83. The lowest BCUT2D eigenvalue weighted by molar-refractivity contribution is 0.0496. The molecule has 5 heteroatoms. The number of aliphatic hydroxyl groups excluding tert-OH is 1. The molecule has 17 heavy (non-hydrogen) atoms. The van der Waals surface area contributed by atoms with E-state index in [2.05, 4.69) is 5.10 Å². The van der Waals surface area contributed by atoms with E-state index in [-0.39, 0.29) is 12.1 Å². The number of aliphatic hydroxyl groups is 1. The summed E-state index contributed by atoms with van der Waals surface area (Å²) in [4.78, 5) is 0. The maximum Gasteiger partial charge on any atom is 0.0996 e. The molecular formula is C12H19ClN2O2. The van der Waals surface area contributed by atoms with Crippen molar-refractivity contribution in [2.24, 2.45) is 0 Å². The number of ether oxygens (including phenoxy) is 1. The fourth-order valence-electron chi connectivity index (χ4n) is 2.26. The fraction of sp³-hybridized carbons (Fsp3) is 0.750. The molecular weight excluding hydrogens is 240 g/mol. The minimum Gasteiger partial charge on any atom is -0.387 e. The Morgan fingerprint density at radius 2 is 2.41 bits per heavy atom. The Morgan fingerprint density at radius 3 is 3.00 bits per heavy atom. The van der Waals surface area contributed by atoms with Crippen LogP contribution in [0.5, 0.6) is 0 Å². The van der Waals surface area contributed by atoms with Gasteiger partial charge in [-0.05, 0) is 26.7 Å². The molecule has 0 amide bonds. The highest BCUT2D eigenvalue weighted by Crippen LogP contribution is 2.30. The Kier molecular flexibility index (Phi) is 4.07.